The second-order valence-electron chi connectivity index (χ2n) is 6.27. The van der Waals surface area contributed by atoms with Crippen LogP contribution in [0.15, 0.2) is 0 Å². The van der Waals surface area contributed by atoms with E-state index in [0.29, 0.717) is 11.9 Å². The minimum atomic E-state index is 0. The first-order valence-corrected chi connectivity index (χ1v) is 7.86. The van der Waals surface area contributed by atoms with E-state index in [1.807, 2.05) is 11.9 Å². The van der Waals surface area contributed by atoms with Gasteiger partial charge in [-0.15, -0.1) is 24.8 Å². The standard InChI is InChI=1S/C15H29N3O.2ClH/c1-3-18-9-5-8-14(18)11-17(2)15(19)12-6-4-7-13(16)10-12;;/h12-14H,3-11,16H2,1-2H3;2*1H. The van der Waals surface area contributed by atoms with Crippen molar-refractivity contribution in [3.8, 4) is 0 Å². The molecule has 21 heavy (non-hydrogen) atoms. The van der Waals surface area contributed by atoms with Gasteiger partial charge in [-0.1, -0.05) is 13.3 Å². The lowest BCUT2D eigenvalue weighted by Crippen LogP contribution is -2.44. The average Bonchev–Trinajstić information content (AvgIpc) is 2.85. The van der Waals surface area contributed by atoms with E-state index in [9.17, 15) is 4.79 Å². The van der Waals surface area contributed by atoms with E-state index in [4.69, 9.17) is 5.73 Å². The van der Waals surface area contributed by atoms with E-state index in [1.165, 1.54) is 19.4 Å². The first-order valence-electron chi connectivity index (χ1n) is 7.86. The van der Waals surface area contributed by atoms with Crippen molar-refractivity contribution in [2.45, 2.75) is 57.5 Å². The Morgan fingerprint density at radius 3 is 2.57 bits per heavy atom. The number of carbonyl (C=O) groups excluding carboxylic acids is 1. The third-order valence-corrected chi connectivity index (χ3v) is 4.83. The number of hydrogen-bond acceptors (Lipinski definition) is 3. The quantitative estimate of drug-likeness (QED) is 0.854. The number of nitrogens with two attached hydrogens (primary N) is 1. The highest BCUT2D eigenvalue weighted by atomic mass is 35.5. The molecule has 0 aromatic heterocycles. The first kappa shape index (κ1) is 21.0. The second kappa shape index (κ2) is 9.88. The fourth-order valence-electron chi connectivity index (χ4n) is 3.69. The lowest BCUT2D eigenvalue weighted by atomic mass is 9.85. The Morgan fingerprint density at radius 1 is 1.24 bits per heavy atom. The van der Waals surface area contributed by atoms with E-state index >= 15 is 0 Å². The van der Waals surface area contributed by atoms with E-state index < -0.39 is 0 Å². The van der Waals surface area contributed by atoms with Crippen LogP contribution in [0.1, 0.15) is 45.4 Å². The predicted molar refractivity (Wildman–Crippen MR) is 92.3 cm³/mol. The summed E-state index contributed by atoms with van der Waals surface area (Å²) in [5.41, 5.74) is 5.99. The van der Waals surface area contributed by atoms with Gasteiger partial charge < -0.3 is 10.6 Å². The van der Waals surface area contributed by atoms with Crippen molar-refractivity contribution in [2.75, 3.05) is 26.7 Å². The van der Waals surface area contributed by atoms with Gasteiger partial charge in [-0.3, -0.25) is 9.69 Å². The largest absolute Gasteiger partial charge is 0.344 e. The highest BCUT2D eigenvalue weighted by molar-refractivity contribution is 5.85. The Hall–Kier alpha value is -0.0300. The van der Waals surface area contributed by atoms with Crippen LogP contribution in [0, 0.1) is 5.92 Å². The zero-order valence-corrected chi connectivity index (χ0v) is 14.9. The van der Waals surface area contributed by atoms with Crippen molar-refractivity contribution in [2.24, 2.45) is 11.7 Å². The molecule has 126 valence electrons. The Balaban J connectivity index is 0.00000200. The third-order valence-electron chi connectivity index (χ3n) is 4.83. The summed E-state index contributed by atoms with van der Waals surface area (Å²) in [6.07, 6.45) is 6.60. The van der Waals surface area contributed by atoms with E-state index in [1.54, 1.807) is 0 Å². The van der Waals surface area contributed by atoms with Gasteiger partial charge in [0.05, 0.1) is 0 Å². The van der Waals surface area contributed by atoms with Crippen molar-refractivity contribution in [3.05, 3.63) is 0 Å². The fraction of sp³-hybridized carbons (Fsp3) is 0.933. The van der Waals surface area contributed by atoms with Gasteiger partial charge >= 0.3 is 0 Å². The number of halogens is 2. The molecule has 6 heteroatoms. The average molecular weight is 340 g/mol. The zero-order chi connectivity index (χ0) is 13.8. The highest BCUT2D eigenvalue weighted by Crippen LogP contribution is 2.25. The normalized spacial score (nSPS) is 29.4. The number of rotatable bonds is 4. The van der Waals surface area contributed by atoms with Crippen LogP contribution in [0.5, 0.6) is 0 Å². The zero-order valence-electron chi connectivity index (χ0n) is 13.3. The predicted octanol–water partition coefficient (Wildman–Crippen LogP) is 2.29. The monoisotopic (exact) mass is 339 g/mol. The second-order valence-corrected chi connectivity index (χ2v) is 6.27. The van der Waals surface area contributed by atoms with Crippen molar-refractivity contribution >= 4 is 30.7 Å². The molecular formula is C15H31Cl2N3O. The van der Waals surface area contributed by atoms with Crippen LogP contribution in [-0.4, -0.2) is 54.5 Å². The van der Waals surface area contributed by atoms with Crippen LogP contribution in [-0.2, 0) is 4.79 Å². The molecule has 1 amide bonds. The van der Waals surface area contributed by atoms with Crippen molar-refractivity contribution in [1.29, 1.82) is 0 Å². The molecular weight excluding hydrogens is 309 g/mol. The van der Waals surface area contributed by atoms with Crippen molar-refractivity contribution in [1.82, 2.24) is 9.80 Å². The number of likely N-dealkylation sites (N-methyl/N-ethyl adjacent to an activating group) is 2. The van der Waals surface area contributed by atoms with Crippen LogP contribution in [0.3, 0.4) is 0 Å². The van der Waals surface area contributed by atoms with Gasteiger partial charge in [-0.25, -0.2) is 0 Å². The molecule has 1 heterocycles. The molecule has 4 nitrogen and oxygen atoms in total. The minimum Gasteiger partial charge on any atom is -0.344 e. The summed E-state index contributed by atoms with van der Waals surface area (Å²) in [5, 5.41) is 0. The van der Waals surface area contributed by atoms with Crippen molar-refractivity contribution < 1.29 is 4.79 Å². The summed E-state index contributed by atoms with van der Waals surface area (Å²) in [6, 6.07) is 0.797. The number of nitrogens with zero attached hydrogens (tertiary/aromatic N) is 2. The Bertz CT molecular complexity index is 317. The minimum absolute atomic E-state index is 0. The molecule has 1 aliphatic carbocycles. The van der Waals surface area contributed by atoms with E-state index in [0.717, 1.165) is 38.8 Å². The molecule has 2 N–H and O–H groups in total. The molecule has 0 bridgehead atoms. The molecule has 2 fully saturated rings. The fourth-order valence-corrected chi connectivity index (χ4v) is 3.69. The lowest BCUT2D eigenvalue weighted by molar-refractivity contribution is -0.136. The number of hydrogen-bond donors (Lipinski definition) is 1. The molecule has 1 saturated heterocycles. The highest BCUT2D eigenvalue weighted by Gasteiger charge is 2.30. The van der Waals surface area contributed by atoms with Crippen LogP contribution in [0.2, 0.25) is 0 Å². The van der Waals surface area contributed by atoms with Crippen LogP contribution < -0.4 is 5.73 Å². The van der Waals surface area contributed by atoms with Gasteiger partial charge in [0.2, 0.25) is 5.91 Å². The molecule has 0 radical (unpaired) electrons. The summed E-state index contributed by atoms with van der Waals surface area (Å²) in [7, 11) is 1.97. The topological polar surface area (TPSA) is 49.6 Å². The molecule has 1 aliphatic heterocycles. The summed E-state index contributed by atoms with van der Waals surface area (Å²) in [4.78, 5) is 16.9. The maximum Gasteiger partial charge on any atom is 0.225 e. The van der Waals surface area contributed by atoms with Crippen LogP contribution >= 0.6 is 24.8 Å². The molecule has 3 atom stereocenters. The number of amides is 1. The van der Waals surface area contributed by atoms with Crippen LogP contribution in [0.25, 0.3) is 0 Å². The van der Waals surface area contributed by atoms with Crippen molar-refractivity contribution in [3.63, 3.8) is 0 Å². The smallest absolute Gasteiger partial charge is 0.225 e. The third kappa shape index (κ3) is 5.59. The maximum atomic E-state index is 12.5. The molecule has 2 rings (SSSR count). The first-order chi connectivity index (χ1) is 9.11. The van der Waals surface area contributed by atoms with Gasteiger partial charge in [0.15, 0.2) is 0 Å². The van der Waals surface area contributed by atoms with Gasteiger partial charge in [-0.05, 0) is 45.2 Å². The Labute approximate surface area is 141 Å². The molecule has 0 spiro atoms. The number of likely N-dealkylation sites (tertiary alicyclic amines) is 1. The van der Waals surface area contributed by atoms with Gasteiger partial charge in [0.25, 0.3) is 0 Å². The maximum absolute atomic E-state index is 12.5. The van der Waals surface area contributed by atoms with E-state index in [2.05, 4.69) is 11.8 Å². The molecule has 3 unspecified atom stereocenters. The van der Waals surface area contributed by atoms with Gasteiger partial charge in [-0.2, -0.15) is 0 Å². The molecule has 1 saturated carbocycles. The lowest BCUT2D eigenvalue weighted by Gasteiger charge is -2.32. The summed E-state index contributed by atoms with van der Waals surface area (Å²) < 4.78 is 0. The Kier molecular flexibility index (Phi) is 9.87. The Morgan fingerprint density at radius 2 is 1.95 bits per heavy atom. The molecule has 0 aromatic carbocycles. The summed E-state index contributed by atoms with van der Waals surface area (Å²) in [6.45, 7) is 5.39. The van der Waals surface area contributed by atoms with E-state index in [-0.39, 0.29) is 36.8 Å². The van der Waals surface area contributed by atoms with Crippen LogP contribution in [0.4, 0.5) is 0 Å². The summed E-state index contributed by atoms with van der Waals surface area (Å²) >= 11 is 0. The molecule has 2 aliphatic rings. The SMILES string of the molecule is CCN1CCCC1CN(C)C(=O)C1CCCC(N)C1.Cl.Cl. The molecule has 0 aromatic rings. The number of carbonyl (C=O) groups is 1. The van der Waals surface area contributed by atoms with Gasteiger partial charge in [0, 0.05) is 31.6 Å². The van der Waals surface area contributed by atoms with Gasteiger partial charge in [0.1, 0.15) is 0 Å². The summed E-state index contributed by atoms with van der Waals surface area (Å²) in [5.74, 6) is 0.489.